The normalized spacial score (nSPS) is 11.2. The summed E-state index contributed by atoms with van der Waals surface area (Å²) in [6, 6.07) is 18.8. The summed E-state index contributed by atoms with van der Waals surface area (Å²) in [5.74, 6) is 0. The van der Waals surface area contributed by atoms with Crippen molar-refractivity contribution < 1.29 is 0 Å². The molecule has 0 aliphatic heterocycles. The molecule has 0 saturated carbocycles. The molecule has 0 bridgehead atoms. The molecule has 0 radical (unpaired) electrons. The molecule has 0 aliphatic carbocycles. The van der Waals surface area contributed by atoms with Crippen molar-refractivity contribution in [1.82, 2.24) is 29.3 Å². The Balaban J connectivity index is 1.59. The van der Waals surface area contributed by atoms with Gasteiger partial charge in [-0.25, -0.2) is 9.97 Å². The van der Waals surface area contributed by atoms with Crippen molar-refractivity contribution in [1.29, 1.82) is 0 Å². The van der Waals surface area contributed by atoms with Gasteiger partial charge >= 0.3 is 0 Å². The van der Waals surface area contributed by atoms with Gasteiger partial charge in [0.05, 0.1) is 17.7 Å². The van der Waals surface area contributed by atoms with Gasteiger partial charge < -0.3 is 4.57 Å². The van der Waals surface area contributed by atoms with Gasteiger partial charge in [0.25, 0.3) is 0 Å². The highest BCUT2D eigenvalue weighted by Gasteiger charge is 2.17. The quantitative estimate of drug-likeness (QED) is 0.437. The lowest BCUT2D eigenvalue weighted by Crippen LogP contribution is -2.05. The number of aromatic nitrogens is 6. The smallest absolute Gasteiger partial charge is 0.137 e. The molecule has 0 fully saturated rings. The molecule has 5 rings (SSSR count). The summed E-state index contributed by atoms with van der Waals surface area (Å²) in [5, 5.41) is 6.50. The molecule has 6 heteroatoms. The maximum absolute atomic E-state index is 4.80. The fraction of sp³-hybridized carbons (Fsp3) is 0.130. The minimum Gasteiger partial charge on any atom is -0.330 e. The van der Waals surface area contributed by atoms with Gasteiger partial charge in [-0.15, -0.1) is 0 Å². The van der Waals surface area contributed by atoms with Gasteiger partial charge in [-0.1, -0.05) is 48.5 Å². The summed E-state index contributed by atoms with van der Waals surface area (Å²) >= 11 is 0. The number of aryl methyl sites for hydroxylation is 2. The first-order valence-electron chi connectivity index (χ1n) is 9.66. The largest absolute Gasteiger partial charge is 0.330 e. The van der Waals surface area contributed by atoms with E-state index >= 15 is 0 Å². The van der Waals surface area contributed by atoms with Crippen LogP contribution in [0, 0.1) is 0 Å². The zero-order chi connectivity index (χ0) is 19.5. The average Bonchev–Trinajstić information content (AvgIpc) is 3.44. The fourth-order valence-electron chi connectivity index (χ4n) is 3.72. The van der Waals surface area contributed by atoms with E-state index in [9.17, 15) is 0 Å². The Morgan fingerprint density at radius 1 is 0.828 bits per heavy atom. The van der Waals surface area contributed by atoms with Crippen LogP contribution in [0.25, 0.3) is 33.3 Å². The Labute approximate surface area is 168 Å². The summed E-state index contributed by atoms with van der Waals surface area (Å²) in [6.07, 6.45) is 9.96. The lowest BCUT2D eigenvalue weighted by Gasteiger charge is -2.13. The Morgan fingerprint density at radius 3 is 2.62 bits per heavy atom. The molecule has 3 heterocycles. The van der Waals surface area contributed by atoms with Crippen LogP contribution in [0.1, 0.15) is 6.42 Å². The fourth-order valence-corrected chi connectivity index (χ4v) is 3.72. The third-order valence-corrected chi connectivity index (χ3v) is 5.07. The zero-order valence-electron chi connectivity index (χ0n) is 15.9. The van der Waals surface area contributed by atoms with Gasteiger partial charge in [-0.2, -0.15) is 5.10 Å². The van der Waals surface area contributed by atoms with Crippen molar-refractivity contribution in [3.8, 4) is 22.5 Å². The predicted molar refractivity (Wildman–Crippen MR) is 113 cm³/mol. The van der Waals surface area contributed by atoms with Crippen molar-refractivity contribution in [3.63, 3.8) is 0 Å². The third kappa shape index (κ3) is 3.40. The third-order valence-electron chi connectivity index (χ3n) is 5.07. The SMILES string of the molecule is c1ccc(-c2ncn(CCCn3cncn3)c2-c2cccc3cnccc23)cc1. The highest BCUT2D eigenvalue weighted by molar-refractivity contribution is 5.98. The van der Waals surface area contributed by atoms with Crippen molar-refractivity contribution in [3.05, 3.63) is 86.0 Å². The topological polar surface area (TPSA) is 61.4 Å². The molecule has 3 aromatic heterocycles. The van der Waals surface area contributed by atoms with E-state index in [1.807, 2.05) is 29.5 Å². The lowest BCUT2D eigenvalue weighted by atomic mass is 9.99. The van der Waals surface area contributed by atoms with E-state index in [-0.39, 0.29) is 0 Å². The molecule has 5 aromatic rings. The first kappa shape index (κ1) is 17.3. The number of hydrogen-bond donors (Lipinski definition) is 0. The number of benzene rings is 2. The standard InChI is InChI=1S/C23H20N6/c1-2-6-18(7-3-1)22-23(21-9-4-8-19-14-24-11-10-20(19)21)28(17-26-22)12-5-13-29-16-25-15-27-29/h1-4,6-11,14-17H,5,12-13H2. The van der Waals surface area contributed by atoms with Crippen LogP contribution in [0.2, 0.25) is 0 Å². The van der Waals surface area contributed by atoms with E-state index in [1.54, 1.807) is 12.7 Å². The molecule has 0 aliphatic rings. The van der Waals surface area contributed by atoms with Crippen molar-refractivity contribution >= 4 is 10.8 Å². The van der Waals surface area contributed by atoms with Gasteiger partial charge in [0.2, 0.25) is 0 Å². The van der Waals surface area contributed by atoms with Crippen molar-refractivity contribution in [2.45, 2.75) is 19.5 Å². The van der Waals surface area contributed by atoms with Crippen LogP contribution < -0.4 is 0 Å². The minimum absolute atomic E-state index is 0.817. The number of rotatable bonds is 6. The molecular formula is C23H20N6. The molecule has 6 nitrogen and oxygen atoms in total. The highest BCUT2D eigenvalue weighted by atomic mass is 15.3. The molecule has 29 heavy (non-hydrogen) atoms. The van der Waals surface area contributed by atoms with Crippen molar-refractivity contribution in [2.75, 3.05) is 0 Å². The first-order valence-corrected chi connectivity index (χ1v) is 9.66. The maximum Gasteiger partial charge on any atom is 0.137 e. The Kier molecular flexibility index (Phi) is 4.58. The molecule has 0 N–H and O–H groups in total. The van der Waals surface area contributed by atoms with Crippen LogP contribution in [-0.4, -0.2) is 29.3 Å². The van der Waals surface area contributed by atoms with Crippen LogP contribution in [0.15, 0.2) is 86.0 Å². The number of hydrogen-bond acceptors (Lipinski definition) is 4. The summed E-state index contributed by atoms with van der Waals surface area (Å²) < 4.78 is 4.10. The lowest BCUT2D eigenvalue weighted by molar-refractivity contribution is 0.527. The van der Waals surface area contributed by atoms with Gasteiger partial charge in [0.15, 0.2) is 0 Å². The molecule has 0 atom stereocenters. The predicted octanol–water partition coefficient (Wildman–Crippen LogP) is 4.45. The molecule has 0 amide bonds. The summed E-state index contributed by atoms with van der Waals surface area (Å²) in [6.45, 7) is 1.66. The van der Waals surface area contributed by atoms with Crippen LogP contribution in [0.3, 0.4) is 0 Å². The summed E-state index contributed by atoms with van der Waals surface area (Å²) in [4.78, 5) is 13.1. The summed E-state index contributed by atoms with van der Waals surface area (Å²) in [7, 11) is 0. The second kappa shape index (κ2) is 7.67. The van der Waals surface area contributed by atoms with E-state index in [1.165, 1.54) is 10.9 Å². The van der Waals surface area contributed by atoms with Crippen LogP contribution in [0.4, 0.5) is 0 Å². The zero-order valence-corrected chi connectivity index (χ0v) is 15.9. The monoisotopic (exact) mass is 380 g/mol. The first-order chi connectivity index (χ1) is 14.4. The van der Waals surface area contributed by atoms with Gasteiger partial charge in [0, 0.05) is 42.0 Å². The van der Waals surface area contributed by atoms with Crippen LogP contribution in [-0.2, 0) is 13.1 Å². The second-order valence-corrected chi connectivity index (χ2v) is 6.92. The number of imidazole rings is 1. The number of fused-ring (bicyclic) bond motifs is 1. The van der Waals surface area contributed by atoms with Crippen LogP contribution in [0.5, 0.6) is 0 Å². The Bertz CT molecular complexity index is 1220. The van der Waals surface area contributed by atoms with Gasteiger partial charge in [-0.3, -0.25) is 9.67 Å². The van der Waals surface area contributed by atoms with E-state index in [2.05, 4.69) is 68.2 Å². The minimum atomic E-state index is 0.817. The van der Waals surface area contributed by atoms with Crippen LogP contribution >= 0.6 is 0 Å². The highest BCUT2D eigenvalue weighted by Crippen LogP contribution is 2.35. The number of pyridine rings is 1. The molecule has 2 aromatic carbocycles. The second-order valence-electron chi connectivity index (χ2n) is 6.92. The Hall–Kier alpha value is -3.80. The average molecular weight is 380 g/mol. The van der Waals surface area contributed by atoms with Crippen molar-refractivity contribution in [2.24, 2.45) is 0 Å². The van der Waals surface area contributed by atoms with E-state index < -0.39 is 0 Å². The maximum atomic E-state index is 4.80. The molecule has 0 spiro atoms. The Morgan fingerprint density at radius 2 is 1.76 bits per heavy atom. The van der Waals surface area contributed by atoms with E-state index in [4.69, 9.17) is 4.98 Å². The van der Waals surface area contributed by atoms with E-state index in [0.717, 1.165) is 41.8 Å². The van der Waals surface area contributed by atoms with Gasteiger partial charge in [-0.05, 0) is 17.9 Å². The summed E-state index contributed by atoms with van der Waals surface area (Å²) in [5.41, 5.74) is 4.41. The molecule has 142 valence electrons. The molecule has 0 saturated heterocycles. The van der Waals surface area contributed by atoms with Gasteiger partial charge in [0.1, 0.15) is 12.7 Å². The number of nitrogens with zero attached hydrogens (tertiary/aromatic N) is 6. The molecular weight excluding hydrogens is 360 g/mol. The molecule has 0 unspecified atom stereocenters. The van der Waals surface area contributed by atoms with E-state index in [0.29, 0.717) is 0 Å².